The Kier molecular flexibility index (Phi) is 13.3. The Morgan fingerprint density at radius 1 is 0.933 bits per heavy atom. The second-order valence-electron chi connectivity index (χ2n) is 11.5. The van der Waals surface area contributed by atoms with Gasteiger partial charge in [0.15, 0.2) is 5.78 Å². The lowest BCUT2D eigenvalue weighted by molar-refractivity contribution is -0.113. The van der Waals surface area contributed by atoms with Gasteiger partial charge in [0.05, 0.1) is 35.2 Å². The number of rotatable bonds is 18. The number of nitrogens with zero attached hydrogens (tertiary/aromatic N) is 2. The van der Waals surface area contributed by atoms with Crippen molar-refractivity contribution in [3.05, 3.63) is 108 Å². The van der Waals surface area contributed by atoms with Crippen LogP contribution in [0.3, 0.4) is 0 Å². The molecule has 0 aliphatic heterocycles. The summed E-state index contributed by atoms with van der Waals surface area (Å²) in [5.74, 6) is 1.58. The molecule has 0 unspecified atom stereocenters. The second kappa shape index (κ2) is 17.6. The number of aryl methyl sites for hydroxylation is 1. The topological polar surface area (TPSA) is 70.4 Å². The van der Waals surface area contributed by atoms with Crippen LogP contribution in [0.1, 0.15) is 75.3 Å². The van der Waals surface area contributed by atoms with Crippen molar-refractivity contribution in [2.45, 2.75) is 76.5 Å². The fourth-order valence-corrected chi connectivity index (χ4v) is 6.18. The minimum absolute atomic E-state index is 0.0209. The van der Waals surface area contributed by atoms with Crippen LogP contribution in [0.4, 0.5) is 0 Å². The number of carbonyl (C=O) groups excluding carboxylic acids is 1. The van der Waals surface area contributed by atoms with Crippen LogP contribution in [0.25, 0.3) is 17.2 Å². The van der Waals surface area contributed by atoms with Crippen molar-refractivity contribution in [2.24, 2.45) is 0 Å². The molecule has 0 radical (unpaired) electrons. The number of carbonyl (C=O) groups is 1. The summed E-state index contributed by atoms with van der Waals surface area (Å²) in [6.45, 7) is 11.3. The minimum Gasteiger partial charge on any atom is -0.491 e. The molecule has 0 bridgehead atoms. The zero-order chi connectivity index (χ0) is 32.0. The van der Waals surface area contributed by atoms with Crippen LogP contribution in [0.5, 0.6) is 5.75 Å². The summed E-state index contributed by atoms with van der Waals surface area (Å²) in [6, 6.07) is 22.0. The van der Waals surface area contributed by atoms with E-state index < -0.39 is 10.8 Å². The van der Waals surface area contributed by atoms with Gasteiger partial charge in [0, 0.05) is 30.7 Å². The largest absolute Gasteiger partial charge is 0.491 e. The number of benzene rings is 3. The van der Waals surface area contributed by atoms with E-state index in [2.05, 4.69) is 67.6 Å². The average molecular weight is 627 g/mol. The van der Waals surface area contributed by atoms with Crippen LogP contribution >= 0.6 is 0 Å². The van der Waals surface area contributed by atoms with E-state index in [1.54, 1.807) is 18.6 Å². The summed E-state index contributed by atoms with van der Waals surface area (Å²) in [5, 5.41) is 0. The fourth-order valence-electron chi connectivity index (χ4n) is 5.07. The molecule has 0 spiro atoms. The van der Waals surface area contributed by atoms with Crippen LogP contribution in [0, 0.1) is 0 Å². The second-order valence-corrected chi connectivity index (χ2v) is 13.0. The molecular weight excluding hydrogens is 580 g/mol. The van der Waals surface area contributed by atoms with Gasteiger partial charge >= 0.3 is 0 Å². The van der Waals surface area contributed by atoms with Crippen LogP contribution in [-0.4, -0.2) is 39.4 Å². The zero-order valence-electron chi connectivity index (χ0n) is 27.0. The van der Waals surface area contributed by atoms with E-state index in [-0.39, 0.29) is 12.2 Å². The molecule has 4 aromatic rings. The Morgan fingerprint density at radius 2 is 1.69 bits per heavy atom. The first kappa shape index (κ1) is 34.1. The highest BCUT2D eigenvalue weighted by Gasteiger charge is 2.11. The quantitative estimate of drug-likeness (QED) is 0.0819. The predicted molar refractivity (Wildman–Crippen MR) is 184 cm³/mol. The number of hydrogen-bond acceptors (Lipinski definition) is 5. The van der Waals surface area contributed by atoms with Crippen molar-refractivity contribution in [3.8, 4) is 16.9 Å². The maximum Gasteiger partial charge on any atom is 0.160 e. The Balaban J connectivity index is 1.36. The first-order valence-corrected chi connectivity index (χ1v) is 17.3. The standard InChI is InChI=1S/C38H46N2O4S/c1-5-7-21-43-22-23-44-36-15-11-31(12-16-36)32-13-19-38(29(3)4)33(25-32)10-14-35(41)24-30-8-17-37(18-9-30)45(42)27-34-26-39-28-40(34)20-6-2/h8-19,25-26,28-29H,5-7,20-24,27H2,1-4H3/b14-10+/t45-/m0/s1. The lowest BCUT2D eigenvalue weighted by Gasteiger charge is -2.13. The van der Waals surface area contributed by atoms with Gasteiger partial charge in [-0.15, -0.1) is 0 Å². The highest BCUT2D eigenvalue weighted by atomic mass is 32.2. The number of aromatic nitrogens is 2. The third-order valence-electron chi connectivity index (χ3n) is 7.59. The highest BCUT2D eigenvalue weighted by Crippen LogP contribution is 2.29. The average Bonchev–Trinajstić information content (AvgIpc) is 3.48. The molecule has 0 aliphatic carbocycles. The smallest absolute Gasteiger partial charge is 0.160 e. The van der Waals surface area contributed by atoms with Crippen molar-refractivity contribution < 1.29 is 18.5 Å². The molecule has 1 atom stereocenters. The van der Waals surface area contributed by atoms with Gasteiger partial charge in [-0.25, -0.2) is 4.98 Å². The Hall–Kier alpha value is -3.81. The fraction of sp³-hybridized carbons (Fsp3) is 0.368. The van der Waals surface area contributed by atoms with Gasteiger partial charge in [0.2, 0.25) is 0 Å². The van der Waals surface area contributed by atoms with Crippen LogP contribution < -0.4 is 4.74 Å². The monoisotopic (exact) mass is 626 g/mol. The molecular formula is C38H46N2O4S. The summed E-state index contributed by atoms with van der Waals surface area (Å²) in [5.41, 5.74) is 6.27. The van der Waals surface area contributed by atoms with Gasteiger partial charge in [0.25, 0.3) is 0 Å². The van der Waals surface area contributed by atoms with Crippen molar-refractivity contribution in [1.82, 2.24) is 9.55 Å². The molecule has 45 heavy (non-hydrogen) atoms. The van der Waals surface area contributed by atoms with Crippen molar-refractivity contribution in [1.29, 1.82) is 0 Å². The van der Waals surface area contributed by atoms with Crippen LogP contribution in [-0.2, 0) is 39.0 Å². The Labute approximate surface area is 271 Å². The van der Waals surface area contributed by atoms with Crippen molar-refractivity contribution in [3.63, 3.8) is 0 Å². The number of imidazole rings is 1. The number of unbranched alkanes of at least 4 members (excludes halogenated alkanes) is 1. The number of ether oxygens (including phenoxy) is 2. The molecule has 0 saturated heterocycles. The number of hydrogen-bond donors (Lipinski definition) is 0. The molecule has 3 aromatic carbocycles. The van der Waals surface area contributed by atoms with Gasteiger partial charge in [-0.2, -0.15) is 0 Å². The Bertz CT molecular complexity index is 1560. The molecule has 1 heterocycles. The molecule has 7 heteroatoms. The number of allylic oxidation sites excluding steroid dienone is 1. The summed E-state index contributed by atoms with van der Waals surface area (Å²) in [6.07, 6.45) is 10.7. The van der Waals surface area contributed by atoms with Gasteiger partial charge in [-0.3, -0.25) is 9.00 Å². The van der Waals surface area contributed by atoms with E-state index in [1.165, 1.54) is 5.56 Å². The lowest BCUT2D eigenvalue weighted by atomic mass is 9.92. The molecule has 0 N–H and O–H groups in total. The van der Waals surface area contributed by atoms with Crippen LogP contribution in [0.15, 0.2) is 90.2 Å². The van der Waals surface area contributed by atoms with Gasteiger partial charge in [-0.05, 0) is 83.0 Å². The maximum atomic E-state index is 13.0. The van der Waals surface area contributed by atoms with E-state index in [9.17, 15) is 9.00 Å². The van der Waals surface area contributed by atoms with E-state index in [0.29, 0.717) is 24.9 Å². The van der Waals surface area contributed by atoms with Gasteiger partial charge in [0.1, 0.15) is 12.4 Å². The zero-order valence-corrected chi connectivity index (χ0v) is 27.9. The van der Waals surface area contributed by atoms with E-state index in [1.807, 2.05) is 42.5 Å². The summed E-state index contributed by atoms with van der Waals surface area (Å²) < 4.78 is 26.4. The molecule has 0 saturated carbocycles. The maximum absolute atomic E-state index is 13.0. The van der Waals surface area contributed by atoms with E-state index in [4.69, 9.17) is 9.47 Å². The SMILES string of the molecule is CCCCOCCOc1ccc(-c2ccc(C(C)C)c(/C=C/C(=O)Cc3ccc([S@@](=O)Cc4cncn4CCC)cc3)c2)cc1. The normalized spacial score (nSPS) is 12.2. The van der Waals surface area contributed by atoms with Crippen molar-refractivity contribution in [2.75, 3.05) is 19.8 Å². The summed E-state index contributed by atoms with van der Waals surface area (Å²) in [4.78, 5) is 17.9. The summed E-state index contributed by atoms with van der Waals surface area (Å²) in [7, 11) is -1.18. The Morgan fingerprint density at radius 3 is 2.40 bits per heavy atom. The minimum atomic E-state index is -1.18. The van der Waals surface area contributed by atoms with Crippen LogP contribution in [0.2, 0.25) is 0 Å². The molecule has 6 nitrogen and oxygen atoms in total. The first-order valence-electron chi connectivity index (χ1n) is 16.0. The van der Waals surface area contributed by atoms with E-state index in [0.717, 1.165) is 71.0 Å². The predicted octanol–water partition coefficient (Wildman–Crippen LogP) is 8.41. The molecule has 238 valence electrons. The first-order chi connectivity index (χ1) is 21.9. The molecule has 0 aliphatic rings. The van der Waals surface area contributed by atoms with Gasteiger partial charge < -0.3 is 14.0 Å². The van der Waals surface area contributed by atoms with E-state index >= 15 is 0 Å². The third kappa shape index (κ3) is 10.4. The molecule has 0 fully saturated rings. The molecule has 1 aromatic heterocycles. The number of ketones is 1. The van der Waals surface area contributed by atoms with Gasteiger partial charge in [-0.1, -0.05) is 76.6 Å². The molecule has 4 rings (SSSR count). The molecule has 0 amide bonds. The lowest BCUT2D eigenvalue weighted by Crippen LogP contribution is -2.07. The third-order valence-corrected chi connectivity index (χ3v) is 8.95. The van der Waals surface area contributed by atoms with Crippen molar-refractivity contribution >= 4 is 22.7 Å². The summed E-state index contributed by atoms with van der Waals surface area (Å²) >= 11 is 0. The highest BCUT2D eigenvalue weighted by molar-refractivity contribution is 7.84.